The Morgan fingerprint density at radius 1 is 1.02 bits per heavy atom. The van der Waals surface area contributed by atoms with Crippen LogP contribution >= 0.6 is 0 Å². The number of nitrogens with zero attached hydrogens (tertiary/aromatic N) is 2. The third-order valence-electron chi connectivity index (χ3n) is 6.49. The van der Waals surface area contributed by atoms with E-state index in [1.807, 2.05) is 6.92 Å². The molecule has 2 heterocycles. The van der Waals surface area contributed by atoms with Gasteiger partial charge in [0.1, 0.15) is 18.2 Å². The average Bonchev–Trinajstić information content (AvgIpc) is 2.92. The average molecular weight is 547 g/mol. The Bertz CT molecular complexity index is 1590. The molecule has 10 heteroatoms. The number of alkyl halides is 3. The number of carbonyl (C=O) groups is 2. The van der Waals surface area contributed by atoms with Gasteiger partial charge >= 0.3 is 6.18 Å². The van der Waals surface area contributed by atoms with Crippen molar-refractivity contribution >= 4 is 29.0 Å². The van der Waals surface area contributed by atoms with Crippen LogP contribution in [0, 0.1) is 6.92 Å². The van der Waals surface area contributed by atoms with Gasteiger partial charge in [-0.1, -0.05) is 35.9 Å². The van der Waals surface area contributed by atoms with Crippen molar-refractivity contribution in [2.24, 2.45) is 0 Å². The number of fused-ring (bicyclic) bond motifs is 1. The molecule has 1 aliphatic rings. The van der Waals surface area contributed by atoms with Crippen molar-refractivity contribution in [1.29, 1.82) is 0 Å². The number of hydrogen-bond donors (Lipinski definition) is 2. The Labute approximate surface area is 228 Å². The lowest BCUT2D eigenvalue weighted by Gasteiger charge is -2.30. The molecule has 1 aliphatic heterocycles. The number of aromatic nitrogens is 1. The van der Waals surface area contributed by atoms with E-state index in [-0.39, 0.29) is 18.9 Å². The molecular weight excluding hydrogens is 521 g/mol. The van der Waals surface area contributed by atoms with Gasteiger partial charge in [0.05, 0.1) is 29.9 Å². The molecule has 0 unspecified atom stereocenters. The van der Waals surface area contributed by atoms with Gasteiger partial charge in [-0.15, -0.1) is 0 Å². The third-order valence-corrected chi connectivity index (χ3v) is 6.49. The lowest BCUT2D eigenvalue weighted by atomic mass is 9.96. The summed E-state index contributed by atoms with van der Waals surface area (Å²) in [5.41, 5.74) is 8.68. The second-order valence-corrected chi connectivity index (χ2v) is 9.39. The zero-order valence-electron chi connectivity index (χ0n) is 21.5. The molecule has 3 aromatic carbocycles. The first kappa shape index (κ1) is 26.7. The lowest BCUT2D eigenvalue weighted by Crippen LogP contribution is -2.39. The number of rotatable bonds is 5. The number of halogens is 3. The molecule has 204 valence electrons. The molecule has 1 aromatic heterocycles. The van der Waals surface area contributed by atoms with E-state index < -0.39 is 17.6 Å². The van der Waals surface area contributed by atoms with Crippen molar-refractivity contribution in [3.8, 4) is 16.9 Å². The number of hydrogen-bond acceptors (Lipinski definition) is 5. The molecule has 0 saturated carbocycles. The summed E-state index contributed by atoms with van der Waals surface area (Å²) in [6, 6.07) is 20.0. The highest BCUT2D eigenvalue weighted by atomic mass is 19.4. The molecule has 0 radical (unpaired) electrons. The molecular formula is C30H25F3N4O3. The lowest BCUT2D eigenvalue weighted by molar-refractivity contribution is -0.137. The Hall–Kier alpha value is -4.86. The van der Waals surface area contributed by atoms with E-state index in [9.17, 15) is 22.8 Å². The molecule has 3 N–H and O–H groups in total. The number of pyridine rings is 1. The number of aryl methyl sites for hydroxylation is 1. The van der Waals surface area contributed by atoms with Gasteiger partial charge < -0.3 is 20.7 Å². The standard InChI is InChI=1S/C30H25F3N4O3/c1-18-5-11-23(24(15-18)19-6-8-20(9-7-19)30(31,32)33)29(39)36-22-10-12-25-26(16-22)40-14-13-37(25)28(38)17-21-3-2-4-27(34)35-21/h2-12,15-16H,13-14,17H2,1H3,(H2,34,35)(H,36,39). The van der Waals surface area contributed by atoms with E-state index in [0.29, 0.717) is 51.9 Å². The molecule has 0 bridgehead atoms. The van der Waals surface area contributed by atoms with Crippen LogP contribution in [0.25, 0.3) is 11.1 Å². The molecule has 4 aromatic rings. The van der Waals surface area contributed by atoms with Crippen LogP contribution in [-0.4, -0.2) is 29.9 Å². The van der Waals surface area contributed by atoms with Crippen molar-refractivity contribution in [2.75, 3.05) is 29.1 Å². The maximum atomic E-state index is 13.3. The van der Waals surface area contributed by atoms with Crippen LogP contribution in [0.5, 0.6) is 5.75 Å². The Morgan fingerprint density at radius 2 is 1.80 bits per heavy atom. The van der Waals surface area contributed by atoms with Gasteiger partial charge in [0.25, 0.3) is 5.91 Å². The monoisotopic (exact) mass is 546 g/mol. The topological polar surface area (TPSA) is 97.5 Å². The SMILES string of the molecule is Cc1ccc(C(=O)Nc2ccc3c(c2)OCCN3C(=O)Cc2cccc(N)n2)c(-c2ccc(C(F)(F)F)cc2)c1. The molecule has 0 fully saturated rings. The summed E-state index contributed by atoms with van der Waals surface area (Å²) in [6.45, 7) is 2.47. The highest BCUT2D eigenvalue weighted by Crippen LogP contribution is 2.36. The molecule has 40 heavy (non-hydrogen) atoms. The maximum absolute atomic E-state index is 13.3. The summed E-state index contributed by atoms with van der Waals surface area (Å²) >= 11 is 0. The summed E-state index contributed by atoms with van der Waals surface area (Å²) < 4.78 is 44.9. The zero-order chi connectivity index (χ0) is 28.4. The number of benzene rings is 3. The van der Waals surface area contributed by atoms with Crippen LogP contribution in [0.1, 0.15) is 27.2 Å². The molecule has 0 saturated heterocycles. The van der Waals surface area contributed by atoms with Crippen molar-refractivity contribution in [2.45, 2.75) is 19.5 Å². The first-order valence-corrected chi connectivity index (χ1v) is 12.5. The summed E-state index contributed by atoms with van der Waals surface area (Å²) in [6.07, 6.45) is -4.38. The van der Waals surface area contributed by atoms with Crippen LogP contribution in [-0.2, 0) is 17.4 Å². The van der Waals surface area contributed by atoms with Crippen molar-refractivity contribution in [3.63, 3.8) is 0 Å². The Balaban J connectivity index is 1.36. The molecule has 7 nitrogen and oxygen atoms in total. The van der Waals surface area contributed by atoms with Gasteiger partial charge in [-0.25, -0.2) is 4.98 Å². The largest absolute Gasteiger partial charge is 0.489 e. The fraction of sp³-hybridized carbons (Fsp3) is 0.167. The normalized spacial score (nSPS) is 12.8. The van der Waals surface area contributed by atoms with Crippen LogP contribution in [0.2, 0.25) is 0 Å². The highest BCUT2D eigenvalue weighted by Gasteiger charge is 2.30. The van der Waals surface area contributed by atoms with Crippen LogP contribution in [0.4, 0.5) is 30.4 Å². The highest BCUT2D eigenvalue weighted by molar-refractivity contribution is 6.09. The third kappa shape index (κ3) is 5.75. The Kier molecular flexibility index (Phi) is 7.17. The van der Waals surface area contributed by atoms with E-state index in [2.05, 4.69) is 10.3 Å². The quantitative estimate of drug-likeness (QED) is 0.326. The second kappa shape index (κ2) is 10.7. The van der Waals surface area contributed by atoms with Gasteiger partial charge in [0.2, 0.25) is 5.91 Å². The fourth-order valence-electron chi connectivity index (χ4n) is 4.54. The molecule has 5 rings (SSSR count). The maximum Gasteiger partial charge on any atom is 0.416 e. The van der Waals surface area contributed by atoms with Crippen molar-refractivity contribution in [1.82, 2.24) is 4.98 Å². The molecule has 0 atom stereocenters. The second-order valence-electron chi connectivity index (χ2n) is 9.39. The molecule has 0 spiro atoms. The molecule has 2 amide bonds. The van der Waals surface area contributed by atoms with Crippen LogP contribution < -0.4 is 20.7 Å². The first-order chi connectivity index (χ1) is 19.1. The summed E-state index contributed by atoms with van der Waals surface area (Å²) in [4.78, 5) is 32.1. The predicted molar refractivity (Wildman–Crippen MR) is 146 cm³/mol. The number of anilines is 3. The zero-order valence-corrected chi connectivity index (χ0v) is 21.5. The smallest absolute Gasteiger partial charge is 0.416 e. The predicted octanol–water partition coefficient (Wildman–Crippen LogP) is 5.88. The van der Waals surface area contributed by atoms with Crippen molar-refractivity contribution < 1.29 is 27.5 Å². The van der Waals surface area contributed by atoms with Gasteiger partial charge in [0, 0.05) is 17.3 Å². The van der Waals surface area contributed by atoms with E-state index in [0.717, 1.165) is 17.7 Å². The fourth-order valence-corrected chi connectivity index (χ4v) is 4.54. The number of amides is 2. The van der Waals surface area contributed by atoms with E-state index >= 15 is 0 Å². The number of nitrogens with one attached hydrogen (secondary N) is 1. The first-order valence-electron chi connectivity index (χ1n) is 12.5. The van der Waals surface area contributed by atoms with Gasteiger partial charge in [-0.3, -0.25) is 9.59 Å². The summed E-state index contributed by atoms with van der Waals surface area (Å²) in [5.74, 6) is 0.166. The van der Waals surface area contributed by atoms with Crippen LogP contribution in [0.3, 0.4) is 0 Å². The van der Waals surface area contributed by atoms with Crippen LogP contribution in [0.15, 0.2) is 78.9 Å². The minimum absolute atomic E-state index is 0.0725. The number of ether oxygens (including phenoxy) is 1. The minimum atomic E-state index is -4.45. The van der Waals surface area contributed by atoms with E-state index in [4.69, 9.17) is 10.5 Å². The van der Waals surface area contributed by atoms with E-state index in [1.54, 1.807) is 59.5 Å². The number of nitrogen functional groups attached to an aromatic ring is 1. The van der Waals surface area contributed by atoms with Gasteiger partial charge in [-0.05, 0) is 60.5 Å². The number of carbonyl (C=O) groups excluding carboxylic acids is 2. The van der Waals surface area contributed by atoms with Crippen molar-refractivity contribution in [3.05, 3.63) is 101 Å². The van der Waals surface area contributed by atoms with E-state index in [1.165, 1.54) is 12.1 Å². The van der Waals surface area contributed by atoms with Gasteiger partial charge in [-0.2, -0.15) is 13.2 Å². The summed E-state index contributed by atoms with van der Waals surface area (Å²) in [7, 11) is 0. The van der Waals surface area contributed by atoms with Gasteiger partial charge in [0.15, 0.2) is 0 Å². The Morgan fingerprint density at radius 3 is 2.52 bits per heavy atom. The minimum Gasteiger partial charge on any atom is -0.489 e. The summed E-state index contributed by atoms with van der Waals surface area (Å²) in [5, 5.41) is 2.84. The number of nitrogens with two attached hydrogens (primary N) is 1. The molecule has 0 aliphatic carbocycles.